The minimum absolute atomic E-state index is 0.0974. The number of hydrogen-bond donors (Lipinski definition) is 4. The summed E-state index contributed by atoms with van der Waals surface area (Å²) in [5.74, 6) is -0.933. The number of nitrogens with zero attached hydrogens (tertiary/aromatic N) is 1. The fourth-order valence-corrected chi connectivity index (χ4v) is 2.08. The molecule has 0 saturated heterocycles. The van der Waals surface area contributed by atoms with Crippen molar-refractivity contribution in [3.8, 4) is 0 Å². The Hall–Kier alpha value is -1.45. The summed E-state index contributed by atoms with van der Waals surface area (Å²) in [4.78, 5) is 16.6. The number of aryl methyl sites for hydroxylation is 1. The zero-order valence-electron chi connectivity index (χ0n) is 9.04. The van der Waals surface area contributed by atoms with Crippen molar-refractivity contribution >= 4 is 16.0 Å². The molecular formula is C8H13N3O5S. The van der Waals surface area contributed by atoms with Gasteiger partial charge in [0.1, 0.15) is 5.82 Å². The fourth-order valence-electron chi connectivity index (χ4n) is 1.07. The molecule has 8 nitrogen and oxygen atoms in total. The second kappa shape index (κ2) is 5.25. The van der Waals surface area contributed by atoms with Crippen molar-refractivity contribution in [2.45, 2.75) is 24.5 Å². The van der Waals surface area contributed by atoms with Crippen LogP contribution in [0.3, 0.4) is 0 Å². The van der Waals surface area contributed by atoms with Gasteiger partial charge in [-0.15, -0.1) is 0 Å². The second-order valence-corrected chi connectivity index (χ2v) is 5.11. The van der Waals surface area contributed by atoms with Gasteiger partial charge in [-0.1, -0.05) is 0 Å². The Morgan fingerprint density at radius 3 is 2.76 bits per heavy atom. The Balaban J connectivity index is 2.54. The van der Waals surface area contributed by atoms with Crippen LogP contribution in [0.1, 0.15) is 12.2 Å². The van der Waals surface area contributed by atoms with E-state index in [9.17, 15) is 13.2 Å². The first-order valence-electron chi connectivity index (χ1n) is 4.75. The number of aromatic amines is 1. The second-order valence-electron chi connectivity index (χ2n) is 3.37. The van der Waals surface area contributed by atoms with Crippen molar-refractivity contribution in [3.63, 3.8) is 0 Å². The normalized spacial score (nSPS) is 13.5. The van der Waals surface area contributed by atoms with Gasteiger partial charge in [0, 0.05) is 6.54 Å². The molecule has 9 heteroatoms. The van der Waals surface area contributed by atoms with E-state index in [1.807, 2.05) is 0 Å². The predicted octanol–water partition coefficient (Wildman–Crippen LogP) is -1.17. The zero-order valence-corrected chi connectivity index (χ0v) is 9.86. The van der Waals surface area contributed by atoms with E-state index < -0.39 is 22.1 Å². The van der Waals surface area contributed by atoms with Gasteiger partial charge >= 0.3 is 5.97 Å². The lowest BCUT2D eigenvalue weighted by molar-refractivity contribution is -0.146. The molecule has 0 radical (unpaired) electrons. The van der Waals surface area contributed by atoms with Crippen LogP contribution >= 0.6 is 0 Å². The number of carbonyl (C=O) groups is 1. The van der Waals surface area contributed by atoms with Crippen LogP contribution in [0.2, 0.25) is 0 Å². The number of hydrogen-bond acceptors (Lipinski definition) is 5. The average Bonchev–Trinajstić information content (AvgIpc) is 2.65. The molecule has 1 rings (SSSR count). The van der Waals surface area contributed by atoms with Crippen LogP contribution in [0.15, 0.2) is 11.2 Å². The molecule has 4 N–H and O–H groups in total. The van der Waals surface area contributed by atoms with Crippen LogP contribution in [0.5, 0.6) is 0 Å². The predicted molar refractivity (Wildman–Crippen MR) is 56.8 cm³/mol. The van der Waals surface area contributed by atoms with Gasteiger partial charge in [0.15, 0.2) is 11.1 Å². The molecule has 0 bridgehead atoms. The smallest absolute Gasteiger partial charge is 0.332 e. The van der Waals surface area contributed by atoms with E-state index in [0.29, 0.717) is 5.82 Å². The average molecular weight is 263 g/mol. The summed E-state index contributed by atoms with van der Waals surface area (Å²) < 4.78 is 25.3. The number of aliphatic hydroxyl groups is 1. The first-order chi connectivity index (χ1) is 7.83. The molecule has 0 aliphatic heterocycles. The molecule has 1 aromatic heterocycles. The highest BCUT2D eigenvalue weighted by Gasteiger charge is 2.18. The van der Waals surface area contributed by atoms with E-state index in [-0.39, 0.29) is 18.0 Å². The van der Waals surface area contributed by atoms with Gasteiger partial charge in [-0.3, -0.25) is 0 Å². The van der Waals surface area contributed by atoms with Crippen molar-refractivity contribution in [1.29, 1.82) is 0 Å². The quantitative estimate of drug-likeness (QED) is 0.511. The van der Waals surface area contributed by atoms with E-state index in [1.165, 1.54) is 0 Å². The summed E-state index contributed by atoms with van der Waals surface area (Å²) in [6, 6.07) is 0. The fraction of sp³-hybridized carbons (Fsp3) is 0.500. The summed E-state index contributed by atoms with van der Waals surface area (Å²) >= 11 is 0. The Morgan fingerprint density at radius 2 is 2.29 bits per heavy atom. The summed E-state index contributed by atoms with van der Waals surface area (Å²) in [7, 11) is -3.73. The summed E-state index contributed by atoms with van der Waals surface area (Å²) in [6.45, 7) is 1.43. The van der Waals surface area contributed by atoms with Gasteiger partial charge in [-0.2, -0.15) is 0 Å². The third-order valence-electron chi connectivity index (χ3n) is 1.96. The number of aliphatic carboxylic acids is 1. The molecule has 0 amide bonds. The molecule has 96 valence electrons. The largest absolute Gasteiger partial charge is 0.479 e. The number of sulfonamides is 1. The lowest BCUT2D eigenvalue weighted by Crippen LogP contribution is -2.30. The van der Waals surface area contributed by atoms with Crippen molar-refractivity contribution in [2.75, 3.05) is 6.54 Å². The first-order valence-corrected chi connectivity index (χ1v) is 6.23. The Labute approximate surface area is 97.7 Å². The number of aliphatic hydroxyl groups excluding tert-OH is 1. The molecule has 0 aliphatic rings. The lowest BCUT2D eigenvalue weighted by atomic mass is 10.3. The maximum atomic E-state index is 11.6. The Bertz CT molecular complexity index is 495. The van der Waals surface area contributed by atoms with E-state index >= 15 is 0 Å². The van der Waals surface area contributed by atoms with Crippen molar-refractivity contribution in [2.24, 2.45) is 0 Å². The van der Waals surface area contributed by atoms with Gasteiger partial charge in [-0.05, 0) is 13.3 Å². The van der Waals surface area contributed by atoms with E-state index in [0.717, 1.165) is 6.20 Å². The summed E-state index contributed by atoms with van der Waals surface area (Å²) in [5.41, 5.74) is 0. The number of carboxylic acid groups (broad SMARTS) is 1. The van der Waals surface area contributed by atoms with Gasteiger partial charge in [0.25, 0.3) is 10.0 Å². The molecule has 0 aromatic carbocycles. The van der Waals surface area contributed by atoms with Crippen LogP contribution in [-0.4, -0.2) is 47.2 Å². The maximum Gasteiger partial charge on any atom is 0.332 e. The standard InChI is InChI=1S/C8H13N3O5S/c1-5-9-4-7(11-5)17(15,16)10-3-2-6(12)8(13)14/h4,6,10,12H,2-3H2,1H3,(H,9,11)(H,13,14). The highest BCUT2D eigenvalue weighted by molar-refractivity contribution is 7.89. The third kappa shape index (κ3) is 3.80. The Kier molecular flexibility index (Phi) is 4.21. The summed E-state index contributed by atoms with van der Waals surface area (Å²) in [6.07, 6.45) is -0.631. The Morgan fingerprint density at radius 1 is 1.65 bits per heavy atom. The molecule has 17 heavy (non-hydrogen) atoms. The molecule has 1 heterocycles. The number of H-pyrrole nitrogens is 1. The number of carboxylic acids is 1. The molecule has 1 aromatic rings. The maximum absolute atomic E-state index is 11.6. The van der Waals surface area contributed by atoms with Crippen LogP contribution in [0, 0.1) is 6.92 Å². The number of nitrogens with one attached hydrogen (secondary N) is 2. The minimum atomic E-state index is -3.73. The van der Waals surface area contributed by atoms with Crippen LogP contribution in [0.4, 0.5) is 0 Å². The molecule has 1 atom stereocenters. The highest BCUT2D eigenvalue weighted by atomic mass is 32.2. The zero-order chi connectivity index (χ0) is 13.1. The van der Waals surface area contributed by atoms with E-state index in [4.69, 9.17) is 10.2 Å². The highest BCUT2D eigenvalue weighted by Crippen LogP contribution is 2.04. The van der Waals surface area contributed by atoms with Gasteiger partial charge in [-0.25, -0.2) is 22.9 Å². The monoisotopic (exact) mass is 263 g/mol. The molecule has 0 fully saturated rings. The number of imidazole rings is 1. The molecule has 0 spiro atoms. The van der Waals surface area contributed by atoms with Gasteiger partial charge in [0.05, 0.1) is 6.20 Å². The van der Waals surface area contributed by atoms with Gasteiger partial charge in [0.2, 0.25) is 0 Å². The van der Waals surface area contributed by atoms with E-state index in [2.05, 4.69) is 14.7 Å². The van der Waals surface area contributed by atoms with Crippen molar-refractivity contribution in [3.05, 3.63) is 12.0 Å². The van der Waals surface area contributed by atoms with Crippen LogP contribution in [0.25, 0.3) is 0 Å². The third-order valence-corrected chi connectivity index (χ3v) is 3.33. The van der Waals surface area contributed by atoms with Crippen molar-refractivity contribution in [1.82, 2.24) is 14.7 Å². The molecule has 1 unspecified atom stereocenters. The molecular weight excluding hydrogens is 250 g/mol. The topological polar surface area (TPSA) is 132 Å². The molecule has 0 saturated carbocycles. The van der Waals surface area contributed by atoms with Crippen LogP contribution in [-0.2, 0) is 14.8 Å². The first kappa shape index (κ1) is 13.6. The SMILES string of the molecule is Cc1ncc(S(=O)(=O)NCCC(O)C(=O)O)[nH]1. The van der Waals surface area contributed by atoms with Crippen molar-refractivity contribution < 1.29 is 23.4 Å². The van der Waals surface area contributed by atoms with E-state index in [1.54, 1.807) is 6.92 Å². The molecule has 0 aliphatic carbocycles. The lowest BCUT2D eigenvalue weighted by Gasteiger charge is -2.06. The van der Waals surface area contributed by atoms with Gasteiger partial charge < -0.3 is 15.2 Å². The minimum Gasteiger partial charge on any atom is -0.479 e. The van der Waals surface area contributed by atoms with Crippen LogP contribution < -0.4 is 4.72 Å². The number of aromatic nitrogens is 2. The number of rotatable bonds is 6. The summed E-state index contributed by atoms with van der Waals surface area (Å²) in [5, 5.41) is 17.2.